The number of nitrogens with one attached hydrogen (secondary N) is 2. The predicted octanol–water partition coefficient (Wildman–Crippen LogP) is 0.664. The van der Waals surface area contributed by atoms with Gasteiger partial charge in [0.15, 0.2) is 5.76 Å². The summed E-state index contributed by atoms with van der Waals surface area (Å²) in [5.41, 5.74) is 2.37. The third-order valence-electron chi connectivity index (χ3n) is 3.16. The van der Waals surface area contributed by atoms with Crippen molar-refractivity contribution in [2.24, 2.45) is 0 Å². The molecule has 0 radical (unpaired) electrons. The molecule has 124 valence electrons. The number of benzene rings is 1. The fourth-order valence-electron chi connectivity index (χ4n) is 1.89. The van der Waals surface area contributed by atoms with E-state index in [0.717, 1.165) is 0 Å². The third kappa shape index (κ3) is 4.46. The minimum absolute atomic E-state index is 0.287. The van der Waals surface area contributed by atoms with E-state index in [9.17, 15) is 14.7 Å². The van der Waals surface area contributed by atoms with Crippen molar-refractivity contribution >= 4 is 11.8 Å². The number of hydrogen-bond donors (Lipinski definition) is 4. The van der Waals surface area contributed by atoms with Crippen LogP contribution in [0.15, 0.2) is 47.1 Å². The predicted molar refractivity (Wildman–Crippen MR) is 84.0 cm³/mol. The largest absolute Gasteiger partial charge is 0.456 e. The lowest BCUT2D eigenvalue weighted by Gasteiger charge is -2.19. The molecule has 0 spiro atoms. The third-order valence-corrected chi connectivity index (χ3v) is 3.16. The van der Waals surface area contributed by atoms with Crippen molar-refractivity contribution in [3.05, 3.63) is 59.5 Å². The number of aliphatic hydroxyl groups is 1. The van der Waals surface area contributed by atoms with Crippen LogP contribution in [0.4, 0.5) is 0 Å². The monoisotopic (exact) mass is 328 g/mol. The van der Waals surface area contributed by atoms with E-state index in [-0.39, 0.29) is 5.56 Å². The van der Waals surface area contributed by atoms with Crippen molar-refractivity contribution in [3.63, 3.8) is 0 Å². The first kappa shape index (κ1) is 17.3. The number of amides is 2. The zero-order chi connectivity index (χ0) is 17.5. The van der Waals surface area contributed by atoms with Gasteiger partial charge < -0.3 is 14.8 Å². The molecular formula is C17H16N2O5. The molecule has 2 aromatic rings. The second-order valence-corrected chi connectivity index (χ2v) is 4.97. The van der Waals surface area contributed by atoms with Crippen molar-refractivity contribution in [3.8, 4) is 11.8 Å². The average Bonchev–Trinajstić information content (AvgIpc) is 3.10. The molecule has 0 fully saturated rings. The molecule has 7 heteroatoms. The van der Waals surface area contributed by atoms with E-state index in [1.807, 2.05) is 0 Å². The van der Waals surface area contributed by atoms with Crippen LogP contribution in [0.1, 0.15) is 28.6 Å². The molecule has 24 heavy (non-hydrogen) atoms. The van der Waals surface area contributed by atoms with E-state index in [1.165, 1.54) is 30.8 Å². The molecule has 2 amide bonds. The van der Waals surface area contributed by atoms with Crippen LogP contribution in [0.3, 0.4) is 0 Å². The average molecular weight is 328 g/mol. The van der Waals surface area contributed by atoms with Gasteiger partial charge in [-0.05, 0) is 49.2 Å². The first-order valence-electron chi connectivity index (χ1n) is 7.09. The van der Waals surface area contributed by atoms with Gasteiger partial charge in [0.1, 0.15) is 6.04 Å². The minimum Gasteiger partial charge on any atom is -0.456 e. The van der Waals surface area contributed by atoms with E-state index in [2.05, 4.69) is 17.2 Å². The van der Waals surface area contributed by atoms with Crippen molar-refractivity contribution in [2.75, 3.05) is 0 Å². The van der Waals surface area contributed by atoms with Gasteiger partial charge in [-0.2, -0.15) is 0 Å². The van der Waals surface area contributed by atoms with Crippen LogP contribution >= 0.6 is 0 Å². The Balaban J connectivity index is 2.06. The fourth-order valence-corrected chi connectivity index (χ4v) is 1.89. The molecule has 1 heterocycles. The number of aliphatic hydroxyl groups excluding tert-OH is 1. The zero-order valence-electron chi connectivity index (χ0n) is 12.8. The topological polar surface area (TPSA) is 112 Å². The van der Waals surface area contributed by atoms with E-state index in [0.29, 0.717) is 11.3 Å². The molecule has 0 aliphatic carbocycles. The van der Waals surface area contributed by atoms with E-state index >= 15 is 0 Å². The summed E-state index contributed by atoms with van der Waals surface area (Å²) in [6.45, 7) is 1.33. The summed E-state index contributed by atoms with van der Waals surface area (Å²) >= 11 is 0. The summed E-state index contributed by atoms with van der Waals surface area (Å²) in [7, 11) is 0. The van der Waals surface area contributed by atoms with Gasteiger partial charge in [-0.15, -0.1) is 0 Å². The molecule has 0 bridgehead atoms. The van der Waals surface area contributed by atoms with Gasteiger partial charge in [-0.1, -0.05) is 5.92 Å². The Hall–Kier alpha value is -3.08. The highest BCUT2D eigenvalue weighted by molar-refractivity contribution is 5.97. The van der Waals surface area contributed by atoms with E-state index in [1.54, 1.807) is 24.3 Å². The maximum absolute atomic E-state index is 12.1. The van der Waals surface area contributed by atoms with Gasteiger partial charge >= 0.3 is 0 Å². The maximum Gasteiger partial charge on any atom is 0.268 e. The van der Waals surface area contributed by atoms with Gasteiger partial charge in [0, 0.05) is 11.1 Å². The molecule has 4 N–H and O–H groups in total. The van der Waals surface area contributed by atoms with Gasteiger partial charge in [0.25, 0.3) is 11.8 Å². The fraction of sp³-hybridized carbons (Fsp3) is 0.176. The van der Waals surface area contributed by atoms with Crippen molar-refractivity contribution in [1.29, 1.82) is 0 Å². The number of hydrogen-bond acceptors (Lipinski definition) is 5. The zero-order valence-corrected chi connectivity index (χ0v) is 12.8. The first-order chi connectivity index (χ1) is 11.5. The minimum atomic E-state index is -1.26. The Bertz CT molecular complexity index is 755. The molecule has 2 rings (SSSR count). The Kier molecular flexibility index (Phi) is 5.73. The van der Waals surface area contributed by atoms with Crippen LogP contribution < -0.4 is 10.8 Å². The summed E-state index contributed by atoms with van der Waals surface area (Å²) in [4.78, 5) is 23.5. The highest BCUT2D eigenvalue weighted by Gasteiger charge is 2.25. The van der Waals surface area contributed by atoms with Crippen LogP contribution in [0, 0.1) is 11.8 Å². The molecule has 0 unspecified atom stereocenters. The number of rotatable bonds is 4. The van der Waals surface area contributed by atoms with Crippen LogP contribution in [0.25, 0.3) is 0 Å². The van der Waals surface area contributed by atoms with Gasteiger partial charge in [-0.3, -0.25) is 14.8 Å². The van der Waals surface area contributed by atoms with Crippen molar-refractivity contribution in [1.82, 2.24) is 10.8 Å². The summed E-state index contributed by atoms with van der Waals surface area (Å²) in [5, 5.41) is 20.5. The SMILES string of the molecule is C[C@H](O)[C@H](NC(=O)c1ccc(C#Cc2ccco2)cc1)C(=O)NO. The molecule has 1 aromatic carbocycles. The molecule has 1 aromatic heterocycles. The second kappa shape index (κ2) is 7.97. The van der Waals surface area contributed by atoms with Crippen LogP contribution in [-0.2, 0) is 4.79 Å². The van der Waals surface area contributed by atoms with Gasteiger partial charge in [0.05, 0.1) is 12.4 Å². The summed E-state index contributed by atoms with van der Waals surface area (Å²) in [6.07, 6.45) is 0.359. The molecular weight excluding hydrogens is 312 g/mol. The van der Waals surface area contributed by atoms with Crippen LogP contribution in [-0.4, -0.2) is 34.3 Å². The second-order valence-electron chi connectivity index (χ2n) is 4.97. The number of carbonyl (C=O) groups excluding carboxylic acids is 2. The molecule has 0 saturated heterocycles. The molecule has 0 aliphatic heterocycles. The molecule has 2 atom stereocenters. The number of furan rings is 1. The summed E-state index contributed by atoms with van der Waals surface area (Å²) in [5.74, 6) is 4.79. The number of hydroxylamine groups is 1. The van der Waals surface area contributed by atoms with Gasteiger partial charge in [0.2, 0.25) is 0 Å². The lowest BCUT2D eigenvalue weighted by Crippen LogP contribution is -2.51. The summed E-state index contributed by atoms with van der Waals surface area (Å²) in [6, 6.07) is 8.58. The molecule has 0 aliphatic rings. The molecule has 7 nitrogen and oxygen atoms in total. The lowest BCUT2D eigenvalue weighted by atomic mass is 10.1. The van der Waals surface area contributed by atoms with Crippen LogP contribution in [0.2, 0.25) is 0 Å². The Morgan fingerprint density at radius 3 is 2.42 bits per heavy atom. The summed E-state index contributed by atoms with van der Waals surface area (Å²) < 4.78 is 5.10. The van der Waals surface area contributed by atoms with Gasteiger partial charge in [-0.25, -0.2) is 5.48 Å². The van der Waals surface area contributed by atoms with E-state index in [4.69, 9.17) is 9.62 Å². The lowest BCUT2D eigenvalue weighted by molar-refractivity contribution is -0.133. The smallest absolute Gasteiger partial charge is 0.268 e. The maximum atomic E-state index is 12.1. The Labute approximate surface area is 138 Å². The van der Waals surface area contributed by atoms with Crippen molar-refractivity contribution < 1.29 is 24.3 Å². The highest BCUT2D eigenvalue weighted by atomic mass is 16.5. The van der Waals surface area contributed by atoms with Crippen molar-refractivity contribution in [2.45, 2.75) is 19.1 Å². The highest BCUT2D eigenvalue weighted by Crippen LogP contribution is 2.06. The first-order valence-corrected chi connectivity index (χ1v) is 7.09. The Morgan fingerprint density at radius 1 is 1.17 bits per heavy atom. The van der Waals surface area contributed by atoms with E-state index < -0.39 is 24.0 Å². The standard InChI is InChI=1S/C17H16N2O5/c1-11(20)15(17(22)19-23)18-16(21)13-7-4-12(5-8-13)6-9-14-3-2-10-24-14/h2-5,7-8,10-11,15,20,23H,1H3,(H,18,21)(H,19,22)/t11-,15-/m0/s1. The Morgan fingerprint density at radius 2 is 1.88 bits per heavy atom. The van der Waals surface area contributed by atoms with Crippen LogP contribution in [0.5, 0.6) is 0 Å². The normalized spacial score (nSPS) is 12.5. The molecule has 0 saturated carbocycles. The quantitative estimate of drug-likeness (QED) is 0.374. The number of carbonyl (C=O) groups is 2.